The Hall–Kier alpha value is -1.16. The van der Waals surface area contributed by atoms with Crippen LogP contribution in [0.25, 0.3) is 0 Å². The molecule has 1 atom stereocenters. The molecule has 1 aromatic heterocycles. The topological polar surface area (TPSA) is 42.2 Å². The van der Waals surface area contributed by atoms with Crippen molar-refractivity contribution in [3.63, 3.8) is 0 Å². The zero-order chi connectivity index (χ0) is 11.4. The van der Waals surface area contributed by atoms with E-state index in [-0.39, 0.29) is 0 Å². The van der Waals surface area contributed by atoms with Crippen molar-refractivity contribution in [2.24, 2.45) is 5.92 Å². The van der Waals surface area contributed by atoms with E-state index in [4.69, 9.17) is 4.42 Å². The molecule has 0 saturated heterocycles. The van der Waals surface area contributed by atoms with Crippen LogP contribution in [-0.4, -0.2) is 28.7 Å². The Morgan fingerprint density at radius 2 is 2.31 bits per heavy atom. The Kier molecular flexibility index (Phi) is 3.72. The fourth-order valence-corrected chi connectivity index (χ4v) is 2.16. The normalized spacial score (nSPS) is 20.6. The molecule has 0 amide bonds. The maximum absolute atomic E-state index is 5.37. The first-order chi connectivity index (χ1) is 7.74. The van der Waals surface area contributed by atoms with E-state index in [9.17, 15) is 0 Å². The third-order valence-electron chi connectivity index (χ3n) is 2.92. The van der Waals surface area contributed by atoms with Crippen LogP contribution in [0, 0.1) is 12.8 Å². The van der Waals surface area contributed by atoms with Crippen LogP contribution in [0.15, 0.2) is 16.6 Å². The van der Waals surface area contributed by atoms with Gasteiger partial charge in [-0.25, -0.2) is 0 Å². The predicted molar refractivity (Wildman–Crippen MR) is 61.9 cm³/mol. The highest BCUT2D eigenvalue weighted by atomic mass is 16.4. The van der Waals surface area contributed by atoms with Crippen LogP contribution in [0.3, 0.4) is 0 Å². The lowest BCUT2D eigenvalue weighted by atomic mass is 9.94. The summed E-state index contributed by atoms with van der Waals surface area (Å²) in [6.07, 6.45) is 8.28. The summed E-state index contributed by atoms with van der Waals surface area (Å²) in [4.78, 5) is 2.26. The van der Waals surface area contributed by atoms with Crippen molar-refractivity contribution in [2.45, 2.75) is 32.7 Å². The number of aryl methyl sites for hydroxylation is 1. The number of aromatic nitrogens is 2. The number of hydrogen-bond donors (Lipinski definition) is 0. The Morgan fingerprint density at radius 3 is 2.94 bits per heavy atom. The van der Waals surface area contributed by atoms with Crippen molar-refractivity contribution in [3.8, 4) is 0 Å². The fraction of sp³-hybridized carbons (Fsp3) is 0.667. The smallest absolute Gasteiger partial charge is 0.230 e. The maximum atomic E-state index is 5.37. The van der Waals surface area contributed by atoms with Gasteiger partial charge >= 0.3 is 0 Å². The van der Waals surface area contributed by atoms with Crippen molar-refractivity contribution >= 4 is 0 Å². The molecule has 0 aliphatic heterocycles. The summed E-state index contributed by atoms with van der Waals surface area (Å²) in [7, 11) is 2.11. The fourth-order valence-electron chi connectivity index (χ4n) is 2.16. The molecular formula is C12H19N3O. The Morgan fingerprint density at radius 1 is 1.44 bits per heavy atom. The number of allylic oxidation sites excluding steroid dienone is 2. The molecule has 1 unspecified atom stereocenters. The second-order valence-corrected chi connectivity index (χ2v) is 4.56. The van der Waals surface area contributed by atoms with E-state index in [1.165, 1.54) is 19.3 Å². The molecule has 0 spiro atoms. The monoisotopic (exact) mass is 221 g/mol. The van der Waals surface area contributed by atoms with Crippen LogP contribution in [0.1, 0.15) is 31.0 Å². The second kappa shape index (κ2) is 5.25. The lowest BCUT2D eigenvalue weighted by molar-refractivity contribution is 0.236. The molecule has 4 nitrogen and oxygen atoms in total. The molecule has 16 heavy (non-hydrogen) atoms. The average molecular weight is 221 g/mol. The number of nitrogens with zero attached hydrogens (tertiary/aromatic N) is 3. The first-order valence-electron chi connectivity index (χ1n) is 5.86. The molecule has 1 heterocycles. The highest BCUT2D eigenvalue weighted by Crippen LogP contribution is 2.19. The Balaban J connectivity index is 1.79. The molecule has 0 radical (unpaired) electrons. The molecule has 1 aliphatic rings. The summed E-state index contributed by atoms with van der Waals surface area (Å²) < 4.78 is 5.37. The van der Waals surface area contributed by atoms with Gasteiger partial charge in [-0.1, -0.05) is 12.2 Å². The van der Waals surface area contributed by atoms with Crippen LogP contribution in [0.2, 0.25) is 0 Å². The molecule has 0 saturated carbocycles. The van der Waals surface area contributed by atoms with Gasteiger partial charge in [0.25, 0.3) is 0 Å². The number of hydrogen-bond acceptors (Lipinski definition) is 4. The highest BCUT2D eigenvalue weighted by molar-refractivity contribution is 4.91. The first kappa shape index (κ1) is 11.3. The van der Waals surface area contributed by atoms with E-state index in [0.717, 1.165) is 19.0 Å². The van der Waals surface area contributed by atoms with Crippen LogP contribution >= 0.6 is 0 Å². The zero-order valence-corrected chi connectivity index (χ0v) is 10.0. The van der Waals surface area contributed by atoms with Gasteiger partial charge in [0.2, 0.25) is 11.8 Å². The van der Waals surface area contributed by atoms with E-state index in [2.05, 4.69) is 34.3 Å². The van der Waals surface area contributed by atoms with Crippen molar-refractivity contribution in [1.82, 2.24) is 15.1 Å². The maximum Gasteiger partial charge on any atom is 0.230 e. The van der Waals surface area contributed by atoms with E-state index in [1.807, 2.05) is 6.92 Å². The molecule has 0 N–H and O–H groups in total. The van der Waals surface area contributed by atoms with E-state index >= 15 is 0 Å². The lowest BCUT2D eigenvalue weighted by Gasteiger charge is -2.23. The summed E-state index contributed by atoms with van der Waals surface area (Å²) in [5, 5.41) is 7.84. The van der Waals surface area contributed by atoms with Crippen LogP contribution in [0.5, 0.6) is 0 Å². The highest BCUT2D eigenvalue weighted by Gasteiger charge is 2.14. The van der Waals surface area contributed by atoms with E-state index < -0.39 is 0 Å². The molecule has 4 heteroatoms. The molecule has 0 fully saturated rings. The Bertz CT molecular complexity index is 359. The van der Waals surface area contributed by atoms with Gasteiger partial charge < -0.3 is 4.42 Å². The predicted octanol–water partition coefficient (Wildman–Crippen LogP) is 2.17. The number of rotatable bonds is 4. The molecular weight excluding hydrogens is 202 g/mol. The first-order valence-corrected chi connectivity index (χ1v) is 5.86. The van der Waals surface area contributed by atoms with Crippen molar-refractivity contribution < 1.29 is 4.42 Å². The summed E-state index contributed by atoms with van der Waals surface area (Å²) in [6.45, 7) is 3.68. The molecule has 0 bridgehead atoms. The molecule has 1 aliphatic carbocycles. The van der Waals surface area contributed by atoms with Gasteiger partial charge in [0.05, 0.1) is 6.54 Å². The van der Waals surface area contributed by atoms with Gasteiger partial charge in [-0.15, -0.1) is 10.2 Å². The van der Waals surface area contributed by atoms with Gasteiger partial charge in [-0.2, -0.15) is 0 Å². The van der Waals surface area contributed by atoms with Crippen LogP contribution in [0.4, 0.5) is 0 Å². The van der Waals surface area contributed by atoms with Crippen molar-refractivity contribution in [2.75, 3.05) is 13.6 Å². The van der Waals surface area contributed by atoms with Crippen LogP contribution < -0.4 is 0 Å². The molecule has 0 aromatic carbocycles. The van der Waals surface area contributed by atoms with Crippen molar-refractivity contribution in [3.05, 3.63) is 23.9 Å². The molecule has 1 aromatic rings. The minimum absolute atomic E-state index is 0.643. The van der Waals surface area contributed by atoms with Crippen LogP contribution in [-0.2, 0) is 6.54 Å². The summed E-state index contributed by atoms with van der Waals surface area (Å²) >= 11 is 0. The minimum Gasteiger partial charge on any atom is -0.424 e. The summed E-state index contributed by atoms with van der Waals surface area (Å²) in [5.74, 6) is 2.13. The van der Waals surface area contributed by atoms with E-state index in [0.29, 0.717) is 11.8 Å². The zero-order valence-electron chi connectivity index (χ0n) is 10.0. The second-order valence-electron chi connectivity index (χ2n) is 4.56. The SMILES string of the molecule is Cc1nnc(CN(C)CC2CC=CCC2)o1. The molecule has 2 rings (SSSR count). The van der Waals surface area contributed by atoms with Gasteiger partial charge in [0, 0.05) is 13.5 Å². The van der Waals surface area contributed by atoms with Gasteiger partial charge in [-0.05, 0) is 32.2 Å². The van der Waals surface area contributed by atoms with Gasteiger partial charge in [-0.3, -0.25) is 4.90 Å². The third-order valence-corrected chi connectivity index (χ3v) is 2.92. The Labute approximate surface area is 96.3 Å². The largest absolute Gasteiger partial charge is 0.424 e. The average Bonchev–Trinajstić information content (AvgIpc) is 2.65. The summed E-state index contributed by atoms with van der Waals surface area (Å²) in [6, 6.07) is 0. The third kappa shape index (κ3) is 3.17. The van der Waals surface area contributed by atoms with Gasteiger partial charge in [0.1, 0.15) is 0 Å². The van der Waals surface area contributed by atoms with Gasteiger partial charge in [0.15, 0.2) is 0 Å². The summed E-state index contributed by atoms with van der Waals surface area (Å²) in [5.41, 5.74) is 0. The lowest BCUT2D eigenvalue weighted by Crippen LogP contribution is -2.26. The standard InChI is InChI=1S/C12H19N3O/c1-10-13-14-12(16-10)9-15(2)8-11-6-4-3-5-7-11/h3-4,11H,5-9H2,1-2H3. The van der Waals surface area contributed by atoms with E-state index in [1.54, 1.807) is 0 Å². The quantitative estimate of drug-likeness (QED) is 0.731. The van der Waals surface area contributed by atoms with Crippen molar-refractivity contribution in [1.29, 1.82) is 0 Å². The molecule has 88 valence electrons. The minimum atomic E-state index is 0.643.